The van der Waals surface area contributed by atoms with Crippen molar-refractivity contribution >= 4 is 64.3 Å². The third-order valence-corrected chi connectivity index (χ3v) is 0. The van der Waals surface area contributed by atoms with Gasteiger partial charge in [0, 0.05) is 0 Å². The third-order valence-electron chi connectivity index (χ3n) is 0. The molecular formula is HMg2O8PS. The maximum atomic E-state index is 8.63. The van der Waals surface area contributed by atoms with Crippen molar-refractivity contribution in [2.45, 2.75) is 0 Å². The van der Waals surface area contributed by atoms with Crippen molar-refractivity contribution in [3.05, 3.63) is 0 Å². The summed E-state index contributed by atoms with van der Waals surface area (Å²) < 4.78 is 41.4. The van der Waals surface area contributed by atoms with Crippen molar-refractivity contribution in [2.75, 3.05) is 0 Å². The number of rotatable bonds is 0. The molecule has 0 radical (unpaired) electrons. The zero-order valence-corrected chi connectivity index (χ0v) is 10.1. The molecule has 0 aliphatic heterocycles. The van der Waals surface area contributed by atoms with E-state index in [1.165, 1.54) is 0 Å². The van der Waals surface area contributed by atoms with E-state index in [1.54, 1.807) is 0 Å². The van der Waals surface area contributed by atoms with Gasteiger partial charge in [-0.15, -0.1) is 0 Å². The molecule has 0 spiro atoms. The summed E-state index contributed by atoms with van der Waals surface area (Å²) in [4.78, 5) is 25.6. The van der Waals surface area contributed by atoms with E-state index in [4.69, 9.17) is 36.8 Å². The number of hydrogen-bond acceptors (Lipinski definition) is 7. The zero-order valence-electron chi connectivity index (χ0n) is 5.57. The first kappa shape index (κ1) is 23.4. The molecule has 0 aliphatic carbocycles. The Morgan fingerprint density at radius 3 is 1.08 bits per heavy atom. The van der Waals surface area contributed by atoms with E-state index in [2.05, 4.69) is 0 Å². The largest absolute Gasteiger partial charge is 2.00 e. The second-order valence-corrected chi connectivity index (χ2v) is 2.62. The Labute approximate surface area is 100 Å². The predicted octanol–water partition coefficient (Wildman–Crippen LogP) is -4.58. The van der Waals surface area contributed by atoms with Gasteiger partial charge in [0.1, 0.15) is 0 Å². The van der Waals surface area contributed by atoms with Crippen LogP contribution in [0.2, 0.25) is 0 Å². The van der Waals surface area contributed by atoms with Crippen molar-refractivity contribution in [1.29, 1.82) is 0 Å². The summed E-state index contributed by atoms with van der Waals surface area (Å²) in [6.45, 7) is 0. The molecule has 0 atom stereocenters. The van der Waals surface area contributed by atoms with Crippen LogP contribution in [-0.2, 0) is 15.0 Å². The molecule has 0 bridgehead atoms. The first-order valence-electron chi connectivity index (χ1n) is 1.41. The summed E-state index contributed by atoms with van der Waals surface area (Å²) in [6, 6.07) is 0. The Bertz CT molecular complexity index is 195. The molecule has 0 rings (SSSR count). The molecule has 0 amide bonds. The van der Waals surface area contributed by atoms with E-state index in [0.717, 1.165) is 0 Å². The zero-order chi connectivity index (χ0) is 9.00. The van der Waals surface area contributed by atoms with Crippen LogP contribution in [0.25, 0.3) is 0 Å². The van der Waals surface area contributed by atoms with E-state index in [0.29, 0.717) is 0 Å². The van der Waals surface area contributed by atoms with Crippen LogP contribution in [0.1, 0.15) is 0 Å². The summed E-state index contributed by atoms with van der Waals surface area (Å²) in [5, 5.41) is 0. The summed E-state index contributed by atoms with van der Waals surface area (Å²) in [5.41, 5.74) is 0. The van der Waals surface area contributed by atoms with E-state index in [-0.39, 0.29) is 46.1 Å². The van der Waals surface area contributed by atoms with Crippen LogP contribution in [0.15, 0.2) is 0 Å². The van der Waals surface area contributed by atoms with Gasteiger partial charge in [0.05, 0.1) is 0 Å². The molecule has 8 nitrogen and oxygen atoms in total. The van der Waals surface area contributed by atoms with Gasteiger partial charge in [0.2, 0.25) is 10.4 Å². The summed E-state index contributed by atoms with van der Waals surface area (Å²) in [6.07, 6.45) is 0. The molecule has 0 aromatic heterocycles. The molecule has 0 aromatic rings. The monoisotopic (exact) mass is 240 g/mol. The predicted molar refractivity (Wildman–Crippen MR) is 31.4 cm³/mol. The summed E-state index contributed by atoms with van der Waals surface area (Å²) in [7, 11) is -10.3. The molecule has 12 heteroatoms. The topological polar surface area (TPSA) is 164 Å². The Kier molecular flexibility index (Phi) is 17.7. The van der Waals surface area contributed by atoms with Gasteiger partial charge < -0.3 is 23.8 Å². The Morgan fingerprint density at radius 1 is 1.08 bits per heavy atom. The van der Waals surface area contributed by atoms with Crippen molar-refractivity contribution in [3.8, 4) is 0 Å². The maximum Gasteiger partial charge on any atom is 2.00 e. The molecule has 0 saturated carbocycles. The van der Waals surface area contributed by atoms with Gasteiger partial charge >= 0.3 is 46.1 Å². The third kappa shape index (κ3) is 556. The molecule has 0 saturated heterocycles. The molecule has 0 aromatic carbocycles. The smallest absolute Gasteiger partial charge is 0.822 e. The number of phosphoric acid groups is 1. The standard InChI is InChI=1S/2Mg.H3O4P.H2O4S/c;;2*1-5(2,3)4/h;;(H3,1,2,3,4);(H2,1,2,3,4)/q2*+2;;/p-4. The summed E-state index contributed by atoms with van der Waals surface area (Å²) >= 11 is 0. The van der Waals surface area contributed by atoms with Gasteiger partial charge in [-0.1, -0.05) is 0 Å². The molecule has 64 valence electrons. The average Bonchev–Trinajstić information content (AvgIpc) is 1.12. The Hall–Kier alpha value is 1.51. The molecular weight excluding hydrogens is 240 g/mol. The fraction of sp³-hybridized carbons (Fsp3) is 0. The van der Waals surface area contributed by atoms with Crippen molar-refractivity contribution < 1.29 is 36.8 Å². The average molecular weight is 241 g/mol. The number of hydrogen-bond donors (Lipinski definition) is 1. The molecule has 0 unspecified atom stereocenters. The van der Waals surface area contributed by atoms with Crippen LogP contribution in [0.4, 0.5) is 0 Å². The minimum Gasteiger partial charge on any atom is -0.822 e. The Balaban J connectivity index is -0.0000000457. The van der Waals surface area contributed by atoms with E-state index < -0.39 is 18.2 Å². The minimum absolute atomic E-state index is 0. The van der Waals surface area contributed by atoms with Crippen LogP contribution in [-0.4, -0.2) is 63.6 Å². The molecule has 0 aliphatic rings. The van der Waals surface area contributed by atoms with Crippen molar-refractivity contribution in [1.82, 2.24) is 0 Å². The fourth-order valence-corrected chi connectivity index (χ4v) is 0. The summed E-state index contributed by atoms with van der Waals surface area (Å²) in [5.74, 6) is 0. The van der Waals surface area contributed by atoms with Crippen LogP contribution in [0.5, 0.6) is 0 Å². The first-order valence-corrected chi connectivity index (χ1v) is 4.24. The van der Waals surface area contributed by atoms with Crippen LogP contribution >= 0.6 is 7.82 Å². The molecule has 12 heavy (non-hydrogen) atoms. The van der Waals surface area contributed by atoms with Crippen molar-refractivity contribution in [3.63, 3.8) is 0 Å². The van der Waals surface area contributed by atoms with Gasteiger partial charge in [-0.3, -0.25) is 4.55 Å². The minimum atomic E-state index is -5.39. The quantitative estimate of drug-likeness (QED) is 0.191. The van der Waals surface area contributed by atoms with Crippen LogP contribution in [0, 0.1) is 0 Å². The second-order valence-electron chi connectivity index (χ2n) is 0.875. The van der Waals surface area contributed by atoms with Gasteiger partial charge in [-0.05, 0) is 0 Å². The van der Waals surface area contributed by atoms with Gasteiger partial charge in [-0.25, -0.2) is 8.42 Å². The van der Waals surface area contributed by atoms with E-state index in [9.17, 15) is 0 Å². The normalized spacial score (nSPS) is 9.75. The van der Waals surface area contributed by atoms with E-state index in [1.807, 2.05) is 0 Å². The first-order chi connectivity index (χ1) is 4.00. The molecule has 1 N–H and O–H groups in total. The van der Waals surface area contributed by atoms with Gasteiger partial charge in [0.25, 0.3) is 0 Å². The van der Waals surface area contributed by atoms with Crippen LogP contribution < -0.4 is 14.7 Å². The van der Waals surface area contributed by atoms with Gasteiger partial charge in [0.15, 0.2) is 0 Å². The molecule has 0 fully saturated rings. The second kappa shape index (κ2) is 9.08. The fourth-order valence-electron chi connectivity index (χ4n) is 0. The van der Waals surface area contributed by atoms with E-state index >= 15 is 0 Å². The maximum absolute atomic E-state index is 8.63. The van der Waals surface area contributed by atoms with Crippen molar-refractivity contribution in [2.24, 2.45) is 0 Å². The van der Waals surface area contributed by atoms with Gasteiger partial charge in [-0.2, -0.15) is 7.82 Å². The SMILES string of the molecule is O=P([O-])([O-])[O-].O=S(=O)([O-])O.[Mg+2].[Mg+2]. The Morgan fingerprint density at radius 2 is 1.08 bits per heavy atom. The molecule has 0 heterocycles. The van der Waals surface area contributed by atoms with Crippen LogP contribution in [0.3, 0.4) is 0 Å².